The minimum Gasteiger partial charge on any atom is -0.330 e. The van der Waals surface area contributed by atoms with Crippen molar-refractivity contribution < 1.29 is 13.2 Å². The van der Waals surface area contributed by atoms with Gasteiger partial charge in [0, 0.05) is 18.3 Å². The Morgan fingerprint density at radius 2 is 2.18 bits per heavy atom. The molecule has 17 heavy (non-hydrogen) atoms. The van der Waals surface area contributed by atoms with Crippen LogP contribution in [0.4, 0.5) is 13.2 Å². The van der Waals surface area contributed by atoms with Gasteiger partial charge in [-0.2, -0.15) is 13.2 Å². The molecule has 98 valence electrons. The van der Waals surface area contributed by atoms with E-state index in [1.54, 1.807) is 12.3 Å². The Morgan fingerprint density at radius 3 is 2.71 bits per heavy atom. The van der Waals surface area contributed by atoms with E-state index in [0.717, 1.165) is 5.01 Å². The fraction of sp³-hybridized carbons (Fsp3) is 0.700. The van der Waals surface area contributed by atoms with Crippen LogP contribution in [-0.4, -0.2) is 35.7 Å². The highest BCUT2D eigenvalue weighted by atomic mass is 32.1. The van der Waals surface area contributed by atoms with Crippen LogP contribution < -0.4 is 5.73 Å². The Hall–Kier alpha value is -0.660. The third-order valence-corrected chi connectivity index (χ3v) is 3.15. The van der Waals surface area contributed by atoms with Gasteiger partial charge in [0.25, 0.3) is 0 Å². The van der Waals surface area contributed by atoms with Crippen molar-refractivity contribution in [3.05, 3.63) is 16.1 Å². The molecular weight excluding hydrogens is 251 g/mol. The van der Waals surface area contributed by atoms with Crippen molar-refractivity contribution in [1.29, 1.82) is 0 Å². The van der Waals surface area contributed by atoms with Crippen LogP contribution in [0.3, 0.4) is 0 Å². The Morgan fingerprint density at radius 1 is 1.47 bits per heavy atom. The zero-order valence-corrected chi connectivity index (χ0v) is 10.4. The molecule has 0 aliphatic carbocycles. The minimum atomic E-state index is -4.16. The van der Waals surface area contributed by atoms with Crippen LogP contribution in [0, 0.1) is 0 Å². The van der Waals surface area contributed by atoms with Crippen molar-refractivity contribution in [2.24, 2.45) is 5.73 Å². The lowest BCUT2D eigenvalue weighted by Crippen LogP contribution is -2.33. The second-order valence-electron chi connectivity index (χ2n) is 3.69. The smallest absolute Gasteiger partial charge is 0.330 e. The van der Waals surface area contributed by atoms with E-state index in [1.807, 2.05) is 0 Å². The predicted molar refractivity (Wildman–Crippen MR) is 61.9 cm³/mol. The number of halogens is 3. The number of hydrogen-bond acceptors (Lipinski definition) is 4. The van der Waals surface area contributed by atoms with E-state index < -0.39 is 12.7 Å². The molecule has 0 fully saturated rings. The summed E-state index contributed by atoms with van der Waals surface area (Å²) in [6.07, 6.45) is -3.48. The summed E-state index contributed by atoms with van der Waals surface area (Å²) >= 11 is 1.45. The van der Waals surface area contributed by atoms with Gasteiger partial charge in [0.15, 0.2) is 0 Å². The molecule has 0 radical (unpaired) electrons. The number of rotatable bonds is 6. The molecule has 0 bridgehead atoms. The molecule has 0 saturated heterocycles. The minimum absolute atomic E-state index is 0.233. The third kappa shape index (κ3) is 5.47. The highest BCUT2D eigenvalue weighted by Gasteiger charge is 2.30. The third-order valence-electron chi connectivity index (χ3n) is 2.19. The molecule has 1 aromatic rings. The van der Waals surface area contributed by atoms with Crippen LogP contribution in [0.2, 0.25) is 0 Å². The lowest BCUT2D eigenvalue weighted by atomic mass is 10.4. The highest BCUT2D eigenvalue weighted by Crippen LogP contribution is 2.18. The first-order chi connectivity index (χ1) is 7.94. The number of hydrogen-bond donors (Lipinski definition) is 1. The summed E-state index contributed by atoms with van der Waals surface area (Å²) < 4.78 is 36.7. The second-order valence-corrected chi connectivity index (χ2v) is 4.63. The normalized spacial score (nSPS) is 12.4. The second kappa shape index (κ2) is 6.32. The van der Waals surface area contributed by atoms with Gasteiger partial charge in [0.1, 0.15) is 0 Å². The van der Waals surface area contributed by atoms with E-state index in [1.165, 1.54) is 16.2 Å². The van der Waals surface area contributed by atoms with Gasteiger partial charge >= 0.3 is 6.18 Å². The van der Waals surface area contributed by atoms with E-state index in [-0.39, 0.29) is 6.54 Å². The summed E-state index contributed by atoms with van der Waals surface area (Å²) in [5.74, 6) is 0. The summed E-state index contributed by atoms with van der Waals surface area (Å²) in [4.78, 5) is 5.57. The quantitative estimate of drug-likeness (QED) is 0.857. The van der Waals surface area contributed by atoms with Gasteiger partial charge in [-0.1, -0.05) is 6.92 Å². The van der Waals surface area contributed by atoms with Crippen molar-refractivity contribution in [2.45, 2.75) is 26.1 Å². The van der Waals surface area contributed by atoms with Crippen LogP contribution in [0.15, 0.2) is 5.38 Å². The van der Waals surface area contributed by atoms with Gasteiger partial charge < -0.3 is 5.73 Å². The molecule has 3 nitrogen and oxygen atoms in total. The van der Waals surface area contributed by atoms with E-state index in [0.29, 0.717) is 25.2 Å². The van der Waals surface area contributed by atoms with Crippen LogP contribution in [0.1, 0.15) is 17.6 Å². The fourth-order valence-corrected chi connectivity index (χ4v) is 2.23. The van der Waals surface area contributed by atoms with Crippen LogP contribution in [0.5, 0.6) is 0 Å². The van der Waals surface area contributed by atoms with Crippen LogP contribution in [0.25, 0.3) is 0 Å². The lowest BCUT2D eigenvalue weighted by molar-refractivity contribution is -0.146. The fourth-order valence-electron chi connectivity index (χ4n) is 1.42. The number of thiazole rings is 1. The number of nitrogens with zero attached hydrogens (tertiary/aromatic N) is 2. The maximum absolute atomic E-state index is 12.2. The molecule has 1 aromatic heterocycles. The van der Waals surface area contributed by atoms with Crippen molar-refractivity contribution in [3.8, 4) is 0 Å². The van der Waals surface area contributed by atoms with Crippen LogP contribution in [-0.2, 0) is 13.0 Å². The van der Waals surface area contributed by atoms with Crippen molar-refractivity contribution in [3.63, 3.8) is 0 Å². The van der Waals surface area contributed by atoms with E-state index in [2.05, 4.69) is 4.98 Å². The van der Waals surface area contributed by atoms with Crippen molar-refractivity contribution >= 4 is 11.3 Å². The van der Waals surface area contributed by atoms with Gasteiger partial charge in [-0.05, 0) is 13.1 Å². The molecule has 0 aromatic carbocycles. The standard InChI is InChI=1S/C10H16F3N3S/c1-2-16(7-10(11,12)13)5-8-6-17-9(15-8)3-4-14/h6H,2-5,7,14H2,1H3. The maximum Gasteiger partial charge on any atom is 0.401 e. The average Bonchev–Trinajstić information content (AvgIpc) is 2.63. The van der Waals surface area contributed by atoms with E-state index >= 15 is 0 Å². The molecule has 1 heterocycles. The van der Waals surface area contributed by atoms with Gasteiger partial charge in [-0.3, -0.25) is 4.90 Å². The SMILES string of the molecule is CCN(Cc1csc(CCN)n1)CC(F)(F)F. The molecule has 2 N–H and O–H groups in total. The first-order valence-electron chi connectivity index (χ1n) is 5.37. The molecular formula is C10H16F3N3S. The van der Waals surface area contributed by atoms with Crippen molar-refractivity contribution in [1.82, 2.24) is 9.88 Å². The first-order valence-corrected chi connectivity index (χ1v) is 6.25. The zero-order valence-electron chi connectivity index (χ0n) is 9.63. The summed E-state index contributed by atoms with van der Waals surface area (Å²) in [6.45, 7) is 1.90. The summed E-state index contributed by atoms with van der Waals surface area (Å²) in [6, 6.07) is 0. The van der Waals surface area contributed by atoms with E-state index in [9.17, 15) is 13.2 Å². The Balaban J connectivity index is 2.54. The Labute approximate surface area is 102 Å². The van der Waals surface area contributed by atoms with Gasteiger partial charge in [-0.25, -0.2) is 4.98 Å². The number of aromatic nitrogens is 1. The van der Waals surface area contributed by atoms with Gasteiger partial charge in [-0.15, -0.1) is 11.3 Å². The monoisotopic (exact) mass is 267 g/mol. The Bertz CT molecular complexity index is 338. The molecule has 0 spiro atoms. The highest BCUT2D eigenvalue weighted by molar-refractivity contribution is 7.09. The predicted octanol–water partition coefficient (Wildman–Crippen LogP) is 2.03. The topological polar surface area (TPSA) is 42.1 Å². The molecule has 0 unspecified atom stereocenters. The lowest BCUT2D eigenvalue weighted by Gasteiger charge is -2.20. The number of nitrogens with two attached hydrogens (primary N) is 1. The van der Waals surface area contributed by atoms with Crippen molar-refractivity contribution in [2.75, 3.05) is 19.6 Å². The molecule has 7 heteroatoms. The average molecular weight is 267 g/mol. The molecule has 1 rings (SSSR count). The maximum atomic E-state index is 12.2. The summed E-state index contributed by atoms with van der Waals surface area (Å²) in [7, 11) is 0. The van der Waals surface area contributed by atoms with Gasteiger partial charge in [0.2, 0.25) is 0 Å². The zero-order chi connectivity index (χ0) is 12.9. The molecule has 0 saturated carbocycles. The first kappa shape index (κ1) is 14.4. The molecule has 0 aliphatic heterocycles. The summed E-state index contributed by atoms with van der Waals surface area (Å²) in [5, 5.41) is 2.68. The Kier molecular flexibility index (Phi) is 5.35. The number of alkyl halides is 3. The van der Waals surface area contributed by atoms with E-state index in [4.69, 9.17) is 5.73 Å². The van der Waals surface area contributed by atoms with Crippen LogP contribution >= 0.6 is 11.3 Å². The largest absolute Gasteiger partial charge is 0.401 e. The summed E-state index contributed by atoms with van der Waals surface area (Å²) in [5.41, 5.74) is 6.07. The van der Waals surface area contributed by atoms with Gasteiger partial charge in [0.05, 0.1) is 17.2 Å². The molecule has 0 aliphatic rings. The molecule has 0 atom stereocenters. The molecule has 0 amide bonds.